The fraction of sp³-hybridized carbons (Fsp3) is 0.500. The Kier molecular flexibility index (Phi) is 3.74. The van der Waals surface area contributed by atoms with Gasteiger partial charge < -0.3 is 10.3 Å². The van der Waals surface area contributed by atoms with Crippen molar-refractivity contribution in [3.05, 3.63) is 28.3 Å². The van der Waals surface area contributed by atoms with E-state index in [1.165, 1.54) is 25.0 Å². The molecule has 0 spiro atoms. The zero-order valence-electron chi connectivity index (χ0n) is 12.0. The molecular weight excluding hydrogens is 270 g/mol. The van der Waals surface area contributed by atoms with Crippen molar-refractivity contribution in [2.75, 3.05) is 25.0 Å². The summed E-state index contributed by atoms with van der Waals surface area (Å²) in [6.45, 7) is 5.25. The number of nitrogens with one attached hydrogen (secondary N) is 2. The molecule has 0 aliphatic carbocycles. The van der Waals surface area contributed by atoms with Gasteiger partial charge in [-0.15, -0.1) is 0 Å². The third-order valence-electron chi connectivity index (χ3n) is 4.09. The molecule has 2 heterocycles. The number of H-pyrrole nitrogens is 1. The summed E-state index contributed by atoms with van der Waals surface area (Å²) in [5.41, 5.74) is 1.50. The number of nitro benzene ring substituents is 1. The van der Waals surface area contributed by atoms with Crippen LogP contribution in [-0.4, -0.2) is 45.5 Å². The minimum atomic E-state index is -0.398. The maximum atomic E-state index is 10.8. The van der Waals surface area contributed by atoms with Crippen molar-refractivity contribution in [3.8, 4) is 0 Å². The number of likely N-dealkylation sites (N-methyl/N-ethyl adjacent to an activating group) is 1. The Morgan fingerprint density at radius 1 is 1.57 bits per heavy atom. The number of rotatable bonds is 5. The Labute approximate surface area is 122 Å². The van der Waals surface area contributed by atoms with Crippen LogP contribution in [0.25, 0.3) is 11.0 Å². The standard InChI is InChI=1S/C14H19N5O2/c1-2-18-7-3-4-11(18)9-15-14-16-12-6-5-10(19(20)21)8-13(12)17-14/h5-6,8,11H,2-4,7,9H2,1H3,(H2,15,16,17). The fourth-order valence-electron chi connectivity index (χ4n) is 2.95. The highest BCUT2D eigenvalue weighted by atomic mass is 16.6. The van der Waals surface area contributed by atoms with Crippen molar-refractivity contribution < 1.29 is 4.92 Å². The summed E-state index contributed by atoms with van der Waals surface area (Å²) in [6, 6.07) is 5.20. The van der Waals surface area contributed by atoms with Crippen LogP contribution < -0.4 is 5.32 Å². The highest BCUT2D eigenvalue weighted by molar-refractivity contribution is 5.79. The van der Waals surface area contributed by atoms with E-state index in [0.29, 0.717) is 17.5 Å². The Hall–Kier alpha value is -2.15. The van der Waals surface area contributed by atoms with E-state index in [-0.39, 0.29) is 5.69 Å². The van der Waals surface area contributed by atoms with Gasteiger partial charge in [-0.2, -0.15) is 0 Å². The molecule has 1 aliphatic rings. The van der Waals surface area contributed by atoms with E-state index >= 15 is 0 Å². The molecule has 0 radical (unpaired) electrons. The molecule has 112 valence electrons. The molecular formula is C14H19N5O2. The number of imidazole rings is 1. The summed E-state index contributed by atoms with van der Waals surface area (Å²) in [5, 5.41) is 14.1. The summed E-state index contributed by atoms with van der Waals surface area (Å²) in [7, 11) is 0. The van der Waals surface area contributed by atoms with Gasteiger partial charge in [0.1, 0.15) is 0 Å². The molecule has 0 saturated carbocycles. The lowest BCUT2D eigenvalue weighted by molar-refractivity contribution is -0.384. The van der Waals surface area contributed by atoms with Gasteiger partial charge in [0.15, 0.2) is 0 Å². The van der Waals surface area contributed by atoms with E-state index in [9.17, 15) is 10.1 Å². The predicted molar refractivity (Wildman–Crippen MR) is 81.5 cm³/mol. The molecule has 1 aromatic carbocycles. The number of nitrogens with zero attached hydrogens (tertiary/aromatic N) is 3. The zero-order valence-corrected chi connectivity index (χ0v) is 12.0. The normalized spacial score (nSPS) is 19.2. The van der Waals surface area contributed by atoms with Gasteiger partial charge in [0.05, 0.1) is 16.0 Å². The van der Waals surface area contributed by atoms with Crippen molar-refractivity contribution in [1.82, 2.24) is 14.9 Å². The third-order valence-corrected chi connectivity index (χ3v) is 4.09. The van der Waals surface area contributed by atoms with Crippen molar-refractivity contribution in [2.24, 2.45) is 0 Å². The molecule has 1 saturated heterocycles. The lowest BCUT2D eigenvalue weighted by Gasteiger charge is -2.22. The average molecular weight is 289 g/mol. The van der Waals surface area contributed by atoms with Crippen LogP contribution >= 0.6 is 0 Å². The van der Waals surface area contributed by atoms with Gasteiger partial charge in [0, 0.05) is 24.7 Å². The van der Waals surface area contributed by atoms with Gasteiger partial charge in [0.2, 0.25) is 5.95 Å². The van der Waals surface area contributed by atoms with E-state index in [1.54, 1.807) is 6.07 Å². The lowest BCUT2D eigenvalue weighted by Crippen LogP contribution is -2.34. The van der Waals surface area contributed by atoms with E-state index < -0.39 is 4.92 Å². The van der Waals surface area contributed by atoms with Gasteiger partial charge in [-0.25, -0.2) is 4.98 Å². The summed E-state index contributed by atoms with van der Waals surface area (Å²) in [6.07, 6.45) is 2.44. The SMILES string of the molecule is CCN1CCCC1CNc1nc2ccc([N+](=O)[O-])cc2[nH]1. The highest BCUT2D eigenvalue weighted by Gasteiger charge is 2.22. The quantitative estimate of drug-likeness (QED) is 0.651. The topological polar surface area (TPSA) is 87.1 Å². The lowest BCUT2D eigenvalue weighted by atomic mass is 10.2. The highest BCUT2D eigenvalue weighted by Crippen LogP contribution is 2.21. The number of hydrogen-bond acceptors (Lipinski definition) is 5. The van der Waals surface area contributed by atoms with E-state index in [1.807, 2.05) is 0 Å². The van der Waals surface area contributed by atoms with E-state index in [2.05, 4.69) is 27.1 Å². The smallest absolute Gasteiger partial charge is 0.271 e. The number of aromatic amines is 1. The minimum absolute atomic E-state index is 0.0747. The molecule has 7 heteroatoms. The molecule has 1 aliphatic heterocycles. The van der Waals surface area contributed by atoms with Crippen molar-refractivity contribution in [2.45, 2.75) is 25.8 Å². The number of benzene rings is 1. The second kappa shape index (κ2) is 5.69. The summed E-state index contributed by atoms with van der Waals surface area (Å²) >= 11 is 0. The molecule has 21 heavy (non-hydrogen) atoms. The van der Waals surface area contributed by atoms with Gasteiger partial charge in [-0.1, -0.05) is 6.92 Å². The van der Waals surface area contributed by atoms with Gasteiger partial charge in [0.25, 0.3) is 5.69 Å². The first-order valence-corrected chi connectivity index (χ1v) is 7.29. The van der Waals surface area contributed by atoms with Crippen LogP contribution in [0.1, 0.15) is 19.8 Å². The van der Waals surface area contributed by atoms with Crippen LogP contribution in [0.3, 0.4) is 0 Å². The van der Waals surface area contributed by atoms with Crippen LogP contribution in [0.2, 0.25) is 0 Å². The maximum Gasteiger partial charge on any atom is 0.271 e. The first-order valence-electron chi connectivity index (χ1n) is 7.29. The van der Waals surface area contributed by atoms with Crippen LogP contribution in [0, 0.1) is 10.1 Å². The van der Waals surface area contributed by atoms with Gasteiger partial charge in [-0.3, -0.25) is 15.0 Å². The van der Waals surface area contributed by atoms with Crippen LogP contribution in [-0.2, 0) is 0 Å². The van der Waals surface area contributed by atoms with Crippen molar-refractivity contribution in [1.29, 1.82) is 0 Å². The van der Waals surface area contributed by atoms with E-state index in [4.69, 9.17) is 0 Å². The maximum absolute atomic E-state index is 10.8. The molecule has 2 N–H and O–H groups in total. The Morgan fingerprint density at radius 3 is 3.19 bits per heavy atom. The molecule has 1 atom stereocenters. The average Bonchev–Trinajstić information content (AvgIpc) is 3.09. The zero-order chi connectivity index (χ0) is 14.8. The Morgan fingerprint density at radius 2 is 2.43 bits per heavy atom. The van der Waals surface area contributed by atoms with Crippen LogP contribution in [0.4, 0.5) is 11.6 Å². The Bertz CT molecular complexity index is 654. The fourth-order valence-corrected chi connectivity index (χ4v) is 2.95. The number of fused-ring (bicyclic) bond motifs is 1. The number of anilines is 1. The number of hydrogen-bond donors (Lipinski definition) is 2. The van der Waals surface area contributed by atoms with Crippen molar-refractivity contribution in [3.63, 3.8) is 0 Å². The molecule has 1 unspecified atom stereocenters. The molecule has 1 fully saturated rings. The summed E-state index contributed by atoms with van der Waals surface area (Å²) < 4.78 is 0. The van der Waals surface area contributed by atoms with Gasteiger partial charge >= 0.3 is 0 Å². The number of aromatic nitrogens is 2. The monoisotopic (exact) mass is 289 g/mol. The number of non-ortho nitro benzene ring substituents is 1. The molecule has 2 aromatic rings. The predicted octanol–water partition coefficient (Wildman–Crippen LogP) is 2.37. The van der Waals surface area contributed by atoms with Crippen LogP contribution in [0.5, 0.6) is 0 Å². The molecule has 1 aromatic heterocycles. The molecule has 3 rings (SSSR count). The Balaban J connectivity index is 1.71. The number of nitro groups is 1. The first kappa shape index (κ1) is 13.8. The summed E-state index contributed by atoms with van der Waals surface area (Å²) in [4.78, 5) is 20.4. The van der Waals surface area contributed by atoms with E-state index in [0.717, 1.165) is 25.2 Å². The first-order chi connectivity index (χ1) is 10.2. The molecule has 7 nitrogen and oxygen atoms in total. The largest absolute Gasteiger partial charge is 0.354 e. The second-order valence-corrected chi connectivity index (χ2v) is 5.35. The van der Waals surface area contributed by atoms with Crippen LogP contribution in [0.15, 0.2) is 18.2 Å². The third kappa shape index (κ3) is 2.82. The van der Waals surface area contributed by atoms with Gasteiger partial charge in [-0.05, 0) is 32.0 Å². The molecule has 0 bridgehead atoms. The summed E-state index contributed by atoms with van der Waals surface area (Å²) in [5.74, 6) is 0.674. The number of likely N-dealkylation sites (tertiary alicyclic amines) is 1. The minimum Gasteiger partial charge on any atom is -0.354 e. The second-order valence-electron chi connectivity index (χ2n) is 5.35. The van der Waals surface area contributed by atoms with Crippen molar-refractivity contribution >= 4 is 22.7 Å². The molecule has 0 amide bonds.